The van der Waals surface area contributed by atoms with E-state index in [-0.39, 0.29) is 24.1 Å². The van der Waals surface area contributed by atoms with Crippen molar-refractivity contribution in [3.63, 3.8) is 0 Å². The van der Waals surface area contributed by atoms with Crippen LogP contribution in [0.3, 0.4) is 0 Å². The lowest BCUT2D eigenvalue weighted by atomic mass is 10.00. The fourth-order valence-electron chi connectivity index (χ4n) is 3.40. The van der Waals surface area contributed by atoms with Crippen LogP contribution < -0.4 is 5.32 Å². The Morgan fingerprint density at radius 3 is 2.80 bits per heavy atom. The molecule has 2 aromatic rings. The number of likely N-dealkylation sites (N-methyl/N-ethyl adjacent to an activating group) is 1. The summed E-state index contributed by atoms with van der Waals surface area (Å²) in [6.07, 6.45) is 5.83. The number of pyridine rings is 1. The van der Waals surface area contributed by atoms with E-state index < -0.39 is 11.6 Å². The molecule has 0 amide bonds. The molecule has 1 aliphatic heterocycles. The Bertz CT molecular complexity index is 943. The zero-order valence-electron chi connectivity index (χ0n) is 16.8. The molecule has 1 fully saturated rings. The quantitative estimate of drug-likeness (QED) is 0.406. The summed E-state index contributed by atoms with van der Waals surface area (Å²) in [5.41, 5.74) is 1.08. The number of aromatic nitrogens is 1. The summed E-state index contributed by atoms with van der Waals surface area (Å²) in [5.74, 6) is -1.82. The molecule has 8 heteroatoms. The van der Waals surface area contributed by atoms with Gasteiger partial charge in [0, 0.05) is 25.1 Å². The number of Topliss-reactive ketones (excluding diaryl/α,β-unsaturated/α-hetero) is 1. The number of halogens is 2. The van der Waals surface area contributed by atoms with Crippen LogP contribution in [0.15, 0.2) is 35.3 Å². The van der Waals surface area contributed by atoms with E-state index in [0.29, 0.717) is 29.7 Å². The third-order valence-corrected chi connectivity index (χ3v) is 4.94. The molecule has 0 unspecified atom stereocenters. The lowest BCUT2D eigenvalue weighted by Gasteiger charge is -2.23. The molecule has 30 heavy (non-hydrogen) atoms. The summed E-state index contributed by atoms with van der Waals surface area (Å²) in [4.78, 5) is 33.8. The summed E-state index contributed by atoms with van der Waals surface area (Å²) in [6, 6.07) is 6.81. The molecule has 0 radical (unpaired) electrons. The number of rotatable bonds is 8. The Balaban J connectivity index is 1.64. The van der Waals surface area contributed by atoms with Crippen molar-refractivity contribution in [1.82, 2.24) is 15.2 Å². The van der Waals surface area contributed by atoms with Gasteiger partial charge in [-0.2, -0.15) is 0 Å². The molecule has 1 atom stereocenters. The molecule has 6 nitrogen and oxygen atoms in total. The van der Waals surface area contributed by atoms with Gasteiger partial charge < -0.3 is 10.2 Å². The highest BCUT2D eigenvalue weighted by Crippen LogP contribution is 2.24. The number of ketones is 1. The minimum Gasteiger partial charge on any atom is -0.358 e. The fourth-order valence-corrected chi connectivity index (χ4v) is 3.40. The van der Waals surface area contributed by atoms with Crippen LogP contribution in [-0.4, -0.2) is 54.5 Å². The molecule has 0 saturated carbocycles. The second-order valence-corrected chi connectivity index (χ2v) is 7.40. The average Bonchev–Trinajstić information content (AvgIpc) is 2.74. The molecule has 0 aliphatic carbocycles. The highest BCUT2D eigenvalue weighted by molar-refractivity contribution is 5.85. The first-order valence-electron chi connectivity index (χ1n) is 9.87. The number of hydrogen-bond acceptors (Lipinski definition) is 5. The Morgan fingerprint density at radius 1 is 1.27 bits per heavy atom. The Hall–Kier alpha value is -3.00. The van der Waals surface area contributed by atoms with Crippen molar-refractivity contribution in [2.45, 2.75) is 31.7 Å². The van der Waals surface area contributed by atoms with Crippen LogP contribution in [0.4, 0.5) is 14.5 Å². The van der Waals surface area contributed by atoms with Gasteiger partial charge in [-0.25, -0.2) is 18.8 Å². The molecule has 2 heterocycles. The molecule has 3 rings (SSSR count). The van der Waals surface area contributed by atoms with Gasteiger partial charge in [0.1, 0.15) is 5.69 Å². The number of nitrogens with zero attached hydrogens (tertiary/aromatic N) is 3. The third kappa shape index (κ3) is 5.76. The fraction of sp³-hybridized carbons (Fsp3) is 0.364. The summed E-state index contributed by atoms with van der Waals surface area (Å²) in [7, 11) is 1.74. The first-order valence-corrected chi connectivity index (χ1v) is 9.87. The smallest absolute Gasteiger partial charge is 0.170 e. The van der Waals surface area contributed by atoms with Gasteiger partial charge >= 0.3 is 0 Å². The predicted molar refractivity (Wildman–Crippen MR) is 111 cm³/mol. The standard InChI is InChI=1S/C22H24F2N4O2/c1-28(12-17(30)11-16-4-2-3-9-25-16)14-26-21-8-7-20(27-22(21)13-29)15-5-6-18(23)19(24)10-15/h5-8,10,13-14,16,25H,2-4,9,11-12H2,1H3/t16-/m0/s1. The van der Waals surface area contributed by atoms with Crippen LogP contribution in [-0.2, 0) is 4.79 Å². The zero-order chi connectivity index (χ0) is 21.5. The van der Waals surface area contributed by atoms with Gasteiger partial charge in [0.2, 0.25) is 0 Å². The van der Waals surface area contributed by atoms with E-state index in [0.717, 1.165) is 37.9 Å². The number of carbonyl (C=O) groups excluding carboxylic acids is 2. The van der Waals surface area contributed by atoms with Crippen LogP contribution >= 0.6 is 0 Å². The van der Waals surface area contributed by atoms with Crippen molar-refractivity contribution in [2.75, 3.05) is 20.1 Å². The van der Waals surface area contributed by atoms with Gasteiger partial charge in [-0.3, -0.25) is 9.59 Å². The van der Waals surface area contributed by atoms with E-state index in [1.54, 1.807) is 24.1 Å². The first kappa shape index (κ1) is 21.7. The Kier molecular flexibility index (Phi) is 7.35. The molecular formula is C22H24F2N4O2. The number of aldehydes is 1. The molecule has 1 aromatic heterocycles. The summed E-state index contributed by atoms with van der Waals surface area (Å²) >= 11 is 0. The van der Waals surface area contributed by atoms with Crippen LogP contribution in [0.1, 0.15) is 36.2 Å². The lowest BCUT2D eigenvalue weighted by Crippen LogP contribution is -2.37. The third-order valence-electron chi connectivity index (χ3n) is 4.94. The summed E-state index contributed by atoms with van der Waals surface area (Å²) in [5, 5.41) is 3.36. The largest absolute Gasteiger partial charge is 0.358 e. The highest BCUT2D eigenvalue weighted by atomic mass is 19.2. The van der Waals surface area contributed by atoms with Gasteiger partial charge in [-0.15, -0.1) is 0 Å². The van der Waals surface area contributed by atoms with Crippen LogP contribution in [0.2, 0.25) is 0 Å². The van der Waals surface area contributed by atoms with E-state index >= 15 is 0 Å². The molecule has 1 saturated heterocycles. The molecule has 0 bridgehead atoms. The molecule has 1 aliphatic rings. The van der Waals surface area contributed by atoms with E-state index in [2.05, 4.69) is 15.3 Å². The maximum Gasteiger partial charge on any atom is 0.170 e. The van der Waals surface area contributed by atoms with Gasteiger partial charge in [-0.1, -0.05) is 6.42 Å². The van der Waals surface area contributed by atoms with Crippen LogP contribution in [0.5, 0.6) is 0 Å². The van der Waals surface area contributed by atoms with Crippen molar-refractivity contribution in [3.8, 4) is 11.3 Å². The first-order chi connectivity index (χ1) is 14.5. The number of hydrogen-bond donors (Lipinski definition) is 1. The monoisotopic (exact) mass is 414 g/mol. The van der Waals surface area contributed by atoms with Crippen LogP contribution in [0.25, 0.3) is 11.3 Å². The van der Waals surface area contributed by atoms with E-state index in [4.69, 9.17) is 0 Å². The van der Waals surface area contributed by atoms with Crippen molar-refractivity contribution < 1.29 is 18.4 Å². The maximum atomic E-state index is 13.5. The SMILES string of the molecule is CN(C=Nc1ccc(-c2ccc(F)c(F)c2)nc1C=O)CC(=O)C[C@@H]1CCCCN1. The van der Waals surface area contributed by atoms with Crippen molar-refractivity contribution in [1.29, 1.82) is 0 Å². The zero-order valence-corrected chi connectivity index (χ0v) is 16.8. The van der Waals surface area contributed by atoms with Crippen molar-refractivity contribution in [3.05, 3.63) is 47.7 Å². The number of nitrogens with one attached hydrogen (secondary N) is 1. The van der Waals surface area contributed by atoms with E-state index in [1.807, 2.05) is 0 Å². The second-order valence-electron chi connectivity index (χ2n) is 7.40. The Morgan fingerprint density at radius 2 is 2.10 bits per heavy atom. The van der Waals surface area contributed by atoms with Gasteiger partial charge in [0.15, 0.2) is 23.7 Å². The van der Waals surface area contributed by atoms with Gasteiger partial charge in [0.25, 0.3) is 0 Å². The number of carbonyl (C=O) groups is 2. The van der Waals surface area contributed by atoms with Crippen molar-refractivity contribution in [2.24, 2.45) is 4.99 Å². The molecule has 158 valence electrons. The minimum absolute atomic E-state index is 0.0691. The minimum atomic E-state index is -0.987. The summed E-state index contributed by atoms with van der Waals surface area (Å²) in [6.45, 7) is 1.18. The van der Waals surface area contributed by atoms with Gasteiger partial charge in [-0.05, 0) is 49.7 Å². The van der Waals surface area contributed by atoms with Crippen molar-refractivity contribution >= 4 is 24.1 Å². The maximum absolute atomic E-state index is 13.5. The number of piperidine rings is 1. The van der Waals surface area contributed by atoms with E-state index in [9.17, 15) is 18.4 Å². The number of aliphatic imine (C=N–C) groups is 1. The number of benzene rings is 1. The van der Waals surface area contributed by atoms with E-state index in [1.165, 1.54) is 12.4 Å². The Labute approximate surface area is 174 Å². The average molecular weight is 414 g/mol. The van der Waals surface area contributed by atoms with Crippen LogP contribution in [0, 0.1) is 11.6 Å². The summed E-state index contributed by atoms with van der Waals surface area (Å²) < 4.78 is 26.6. The topological polar surface area (TPSA) is 74.7 Å². The molecule has 1 aromatic carbocycles. The normalized spacial score (nSPS) is 16.6. The molecule has 1 N–H and O–H groups in total. The predicted octanol–water partition coefficient (Wildman–Crippen LogP) is 3.53. The highest BCUT2D eigenvalue weighted by Gasteiger charge is 2.17. The molecular weight excluding hydrogens is 390 g/mol. The second kappa shape index (κ2) is 10.2. The lowest BCUT2D eigenvalue weighted by molar-refractivity contribution is -0.119. The van der Waals surface area contributed by atoms with Gasteiger partial charge in [0.05, 0.1) is 24.3 Å². The molecule has 0 spiro atoms.